The maximum absolute atomic E-state index is 8.95. The third kappa shape index (κ3) is 4.77. The summed E-state index contributed by atoms with van der Waals surface area (Å²) in [7, 11) is 0. The van der Waals surface area contributed by atoms with Crippen molar-refractivity contribution in [2.45, 2.75) is 20.8 Å². The van der Waals surface area contributed by atoms with Crippen LogP contribution in [0.2, 0.25) is 0 Å². The van der Waals surface area contributed by atoms with E-state index < -0.39 is 0 Å². The molecule has 0 aliphatic carbocycles. The number of nitrogens with zero attached hydrogens (tertiary/aromatic N) is 2. The molecule has 0 saturated carbocycles. The number of nitriles is 1. The number of ether oxygens (including phenoxy) is 1. The molecule has 1 aromatic rings. The zero-order valence-electron chi connectivity index (χ0n) is 11.5. The largest absolute Gasteiger partial charge is 0.491 e. The summed E-state index contributed by atoms with van der Waals surface area (Å²) in [5.74, 6) is 1.34. The number of para-hydroxylation sites is 1. The van der Waals surface area contributed by atoms with Gasteiger partial charge in [-0.05, 0) is 24.6 Å². The van der Waals surface area contributed by atoms with Crippen LogP contribution in [0.25, 0.3) is 0 Å². The quantitative estimate of drug-likeness (QED) is 0.742. The molecule has 0 heterocycles. The molecule has 0 aliphatic rings. The van der Waals surface area contributed by atoms with Crippen molar-refractivity contribution in [2.24, 2.45) is 5.92 Å². The predicted molar refractivity (Wildman–Crippen MR) is 73.6 cm³/mol. The fraction of sp³-hybridized carbons (Fsp3) is 0.533. The highest BCUT2D eigenvalue weighted by atomic mass is 16.5. The number of likely N-dealkylation sites (N-methyl/N-ethyl adjacent to an activating group) is 1. The van der Waals surface area contributed by atoms with Crippen molar-refractivity contribution in [1.29, 1.82) is 5.26 Å². The second-order valence-electron chi connectivity index (χ2n) is 4.74. The molecular formula is C15H22N2O. The van der Waals surface area contributed by atoms with Crippen molar-refractivity contribution in [3.8, 4) is 11.8 Å². The smallest absolute Gasteiger partial charge is 0.137 e. The first-order valence-corrected chi connectivity index (χ1v) is 6.51. The van der Waals surface area contributed by atoms with Gasteiger partial charge in [0, 0.05) is 13.1 Å². The lowest BCUT2D eigenvalue weighted by molar-refractivity contribution is 0.199. The van der Waals surface area contributed by atoms with Gasteiger partial charge in [0.15, 0.2) is 0 Å². The summed E-state index contributed by atoms with van der Waals surface area (Å²) >= 11 is 0. The monoisotopic (exact) mass is 246 g/mol. The van der Waals surface area contributed by atoms with E-state index in [0.29, 0.717) is 23.8 Å². The van der Waals surface area contributed by atoms with E-state index in [9.17, 15) is 0 Å². The van der Waals surface area contributed by atoms with Crippen molar-refractivity contribution < 1.29 is 4.74 Å². The summed E-state index contributed by atoms with van der Waals surface area (Å²) in [6.45, 7) is 10.2. The topological polar surface area (TPSA) is 36.3 Å². The van der Waals surface area contributed by atoms with Crippen LogP contribution in [-0.2, 0) is 0 Å². The first kappa shape index (κ1) is 14.5. The van der Waals surface area contributed by atoms with E-state index in [1.165, 1.54) is 0 Å². The first-order valence-electron chi connectivity index (χ1n) is 6.51. The van der Waals surface area contributed by atoms with E-state index in [2.05, 4.69) is 31.7 Å². The highest BCUT2D eigenvalue weighted by Crippen LogP contribution is 2.16. The molecule has 0 fully saturated rings. The van der Waals surface area contributed by atoms with E-state index in [4.69, 9.17) is 10.00 Å². The molecule has 0 radical (unpaired) electrons. The maximum atomic E-state index is 8.95. The second-order valence-corrected chi connectivity index (χ2v) is 4.74. The van der Waals surface area contributed by atoms with Gasteiger partial charge in [0.1, 0.15) is 18.4 Å². The minimum absolute atomic E-state index is 0.601. The van der Waals surface area contributed by atoms with Crippen LogP contribution in [0.5, 0.6) is 5.75 Å². The molecule has 0 N–H and O–H groups in total. The summed E-state index contributed by atoms with van der Waals surface area (Å²) in [6.07, 6.45) is 0. The van der Waals surface area contributed by atoms with Gasteiger partial charge in [0.25, 0.3) is 0 Å². The van der Waals surface area contributed by atoms with E-state index in [-0.39, 0.29) is 0 Å². The Labute approximate surface area is 110 Å². The molecular weight excluding hydrogens is 224 g/mol. The number of hydrogen-bond donors (Lipinski definition) is 0. The van der Waals surface area contributed by atoms with Gasteiger partial charge in [0.05, 0.1) is 5.56 Å². The summed E-state index contributed by atoms with van der Waals surface area (Å²) in [5, 5.41) is 8.95. The van der Waals surface area contributed by atoms with Gasteiger partial charge in [-0.2, -0.15) is 5.26 Å². The van der Waals surface area contributed by atoms with Crippen molar-refractivity contribution in [3.63, 3.8) is 0 Å². The molecule has 1 aromatic carbocycles. The molecule has 1 rings (SSSR count). The highest BCUT2D eigenvalue weighted by Gasteiger charge is 2.06. The average Bonchev–Trinajstić information content (AvgIpc) is 2.37. The molecule has 18 heavy (non-hydrogen) atoms. The Hall–Kier alpha value is -1.53. The molecule has 0 unspecified atom stereocenters. The van der Waals surface area contributed by atoms with E-state index >= 15 is 0 Å². The zero-order valence-corrected chi connectivity index (χ0v) is 11.5. The molecule has 0 spiro atoms. The molecule has 0 atom stereocenters. The van der Waals surface area contributed by atoms with Gasteiger partial charge < -0.3 is 4.74 Å². The first-order chi connectivity index (χ1) is 8.67. The summed E-state index contributed by atoms with van der Waals surface area (Å²) in [6, 6.07) is 9.51. The highest BCUT2D eigenvalue weighted by molar-refractivity contribution is 5.42. The lowest BCUT2D eigenvalue weighted by Gasteiger charge is -2.22. The molecule has 0 aromatic heterocycles. The minimum atomic E-state index is 0.601. The number of hydrogen-bond acceptors (Lipinski definition) is 3. The Balaban J connectivity index is 2.43. The Morgan fingerprint density at radius 1 is 1.33 bits per heavy atom. The predicted octanol–water partition coefficient (Wildman–Crippen LogP) is 2.91. The molecule has 0 amide bonds. The molecule has 3 heteroatoms. The SMILES string of the molecule is CCN(CCOc1ccccc1C#N)CC(C)C. The lowest BCUT2D eigenvalue weighted by atomic mass is 10.2. The maximum Gasteiger partial charge on any atom is 0.137 e. The average molecular weight is 246 g/mol. The van der Waals surface area contributed by atoms with Crippen LogP contribution in [-0.4, -0.2) is 31.1 Å². The fourth-order valence-electron chi connectivity index (χ4n) is 1.86. The van der Waals surface area contributed by atoms with Gasteiger partial charge in [-0.3, -0.25) is 4.90 Å². The van der Waals surface area contributed by atoms with Gasteiger partial charge in [-0.1, -0.05) is 32.9 Å². The van der Waals surface area contributed by atoms with Crippen LogP contribution in [0.1, 0.15) is 26.3 Å². The van der Waals surface area contributed by atoms with Crippen LogP contribution in [0, 0.1) is 17.2 Å². The van der Waals surface area contributed by atoms with Crippen molar-refractivity contribution in [1.82, 2.24) is 4.90 Å². The molecule has 98 valence electrons. The van der Waals surface area contributed by atoms with Gasteiger partial charge >= 0.3 is 0 Å². The third-order valence-electron chi connectivity index (χ3n) is 2.74. The van der Waals surface area contributed by atoms with Crippen LogP contribution < -0.4 is 4.74 Å². The van der Waals surface area contributed by atoms with Crippen LogP contribution >= 0.6 is 0 Å². The van der Waals surface area contributed by atoms with Crippen molar-refractivity contribution in [3.05, 3.63) is 29.8 Å². The van der Waals surface area contributed by atoms with Crippen LogP contribution in [0.15, 0.2) is 24.3 Å². The van der Waals surface area contributed by atoms with E-state index in [0.717, 1.165) is 19.6 Å². The van der Waals surface area contributed by atoms with Gasteiger partial charge in [-0.25, -0.2) is 0 Å². The Bertz CT molecular complexity index is 396. The molecule has 0 saturated heterocycles. The fourth-order valence-corrected chi connectivity index (χ4v) is 1.86. The van der Waals surface area contributed by atoms with Crippen LogP contribution in [0.3, 0.4) is 0 Å². The number of rotatable bonds is 7. The Kier molecular flexibility index (Phi) is 6.24. The second kappa shape index (κ2) is 7.73. The molecule has 3 nitrogen and oxygen atoms in total. The lowest BCUT2D eigenvalue weighted by Crippen LogP contribution is -2.31. The Morgan fingerprint density at radius 2 is 2.06 bits per heavy atom. The standard InChI is InChI=1S/C15H22N2O/c1-4-17(12-13(2)3)9-10-18-15-8-6-5-7-14(15)11-16/h5-8,13H,4,9-10,12H2,1-3H3. The van der Waals surface area contributed by atoms with Crippen LogP contribution in [0.4, 0.5) is 0 Å². The van der Waals surface area contributed by atoms with E-state index in [1.807, 2.05) is 18.2 Å². The summed E-state index contributed by atoms with van der Waals surface area (Å²) in [4.78, 5) is 2.36. The number of benzene rings is 1. The third-order valence-corrected chi connectivity index (χ3v) is 2.74. The molecule has 0 bridgehead atoms. The van der Waals surface area contributed by atoms with Gasteiger partial charge in [0.2, 0.25) is 0 Å². The van der Waals surface area contributed by atoms with Crippen molar-refractivity contribution in [2.75, 3.05) is 26.2 Å². The summed E-state index contributed by atoms with van der Waals surface area (Å²) in [5.41, 5.74) is 0.601. The summed E-state index contributed by atoms with van der Waals surface area (Å²) < 4.78 is 5.68. The molecule has 0 aliphatic heterocycles. The Morgan fingerprint density at radius 3 is 2.67 bits per heavy atom. The zero-order chi connectivity index (χ0) is 13.4. The van der Waals surface area contributed by atoms with E-state index in [1.54, 1.807) is 6.07 Å². The van der Waals surface area contributed by atoms with Crippen molar-refractivity contribution >= 4 is 0 Å². The minimum Gasteiger partial charge on any atom is -0.491 e. The normalized spacial score (nSPS) is 10.7. The van der Waals surface area contributed by atoms with Gasteiger partial charge in [-0.15, -0.1) is 0 Å².